The van der Waals surface area contributed by atoms with Crippen molar-refractivity contribution >= 4 is 18.2 Å². The first kappa shape index (κ1) is 23.8. The Morgan fingerprint density at radius 2 is 1.70 bits per heavy atom. The molecule has 2 aromatic carbocycles. The number of aliphatic carboxylic acids is 1. The SMILES string of the molecule is C=CCOC(=O)N(C)CCC[C@@H](NC(=O)OCC1c2ccccc2-c2ccccc21)C(=O)O. The zero-order valence-corrected chi connectivity index (χ0v) is 18.5. The summed E-state index contributed by atoms with van der Waals surface area (Å²) in [4.78, 5) is 37.0. The first-order valence-corrected chi connectivity index (χ1v) is 10.8. The van der Waals surface area contributed by atoms with E-state index in [1.54, 1.807) is 7.05 Å². The van der Waals surface area contributed by atoms with Crippen molar-refractivity contribution in [3.8, 4) is 11.1 Å². The second-order valence-corrected chi connectivity index (χ2v) is 7.79. The molecule has 0 saturated heterocycles. The molecule has 8 heteroatoms. The van der Waals surface area contributed by atoms with E-state index in [-0.39, 0.29) is 32.1 Å². The van der Waals surface area contributed by atoms with Crippen molar-refractivity contribution in [2.75, 3.05) is 26.8 Å². The Kier molecular flexibility index (Phi) is 8.07. The molecule has 33 heavy (non-hydrogen) atoms. The van der Waals surface area contributed by atoms with Crippen LogP contribution in [0.25, 0.3) is 11.1 Å². The Hall–Kier alpha value is -3.81. The number of fused-ring (bicyclic) bond motifs is 3. The maximum atomic E-state index is 12.4. The molecule has 3 rings (SSSR count). The lowest BCUT2D eigenvalue weighted by Gasteiger charge is -2.19. The van der Waals surface area contributed by atoms with Gasteiger partial charge in [0.15, 0.2) is 0 Å². The number of nitrogens with zero attached hydrogens (tertiary/aromatic N) is 1. The summed E-state index contributed by atoms with van der Waals surface area (Å²) < 4.78 is 10.3. The fourth-order valence-corrected chi connectivity index (χ4v) is 3.90. The largest absolute Gasteiger partial charge is 0.480 e. The maximum absolute atomic E-state index is 12.4. The van der Waals surface area contributed by atoms with E-state index < -0.39 is 24.2 Å². The van der Waals surface area contributed by atoms with E-state index in [1.807, 2.05) is 48.5 Å². The highest BCUT2D eigenvalue weighted by Gasteiger charge is 2.29. The number of carbonyl (C=O) groups is 3. The van der Waals surface area contributed by atoms with Crippen LogP contribution in [-0.2, 0) is 14.3 Å². The molecule has 0 fully saturated rings. The fraction of sp³-hybridized carbons (Fsp3) is 0.320. The number of benzene rings is 2. The van der Waals surface area contributed by atoms with Crippen molar-refractivity contribution < 1.29 is 29.0 Å². The molecule has 0 radical (unpaired) electrons. The van der Waals surface area contributed by atoms with Gasteiger partial charge < -0.3 is 24.8 Å². The van der Waals surface area contributed by atoms with Crippen molar-refractivity contribution in [1.82, 2.24) is 10.2 Å². The van der Waals surface area contributed by atoms with Crippen LogP contribution >= 0.6 is 0 Å². The van der Waals surface area contributed by atoms with Crippen LogP contribution in [0.4, 0.5) is 9.59 Å². The van der Waals surface area contributed by atoms with Crippen LogP contribution in [0, 0.1) is 0 Å². The van der Waals surface area contributed by atoms with E-state index in [9.17, 15) is 19.5 Å². The summed E-state index contributed by atoms with van der Waals surface area (Å²) in [5, 5.41) is 11.9. The van der Waals surface area contributed by atoms with Crippen LogP contribution in [0.1, 0.15) is 29.9 Å². The van der Waals surface area contributed by atoms with Gasteiger partial charge in [-0.2, -0.15) is 0 Å². The number of carboxylic acid groups (broad SMARTS) is 1. The van der Waals surface area contributed by atoms with Crippen molar-refractivity contribution in [1.29, 1.82) is 0 Å². The molecule has 2 amide bonds. The van der Waals surface area contributed by atoms with Gasteiger partial charge in [-0.1, -0.05) is 61.2 Å². The molecular weight excluding hydrogens is 424 g/mol. The zero-order chi connectivity index (χ0) is 23.8. The number of nitrogens with one attached hydrogen (secondary N) is 1. The topological polar surface area (TPSA) is 105 Å². The predicted octanol–water partition coefficient (Wildman–Crippen LogP) is 4.01. The Balaban J connectivity index is 1.52. The number of alkyl carbamates (subject to hydrolysis) is 1. The van der Waals surface area contributed by atoms with Gasteiger partial charge in [-0.15, -0.1) is 0 Å². The lowest BCUT2D eigenvalue weighted by molar-refractivity contribution is -0.139. The highest BCUT2D eigenvalue weighted by atomic mass is 16.6. The monoisotopic (exact) mass is 452 g/mol. The van der Waals surface area contributed by atoms with Crippen LogP contribution in [-0.4, -0.2) is 61.0 Å². The Morgan fingerprint density at radius 1 is 1.09 bits per heavy atom. The quantitative estimate of drug-likeness (QED) is 0.528. The summed E-state index contributed by atoms with van der Waals surface area (Å²) in [6.45, 7) is 3.96. The van der Waals surface area contributed by atoms with Crippen LogP contribution in [0.15, 0.2) is 61.2 Å². The van der Waals surface area contributed by atoms with Crippen LogP contribution < -0.4 is 5.32 Å². The second kappa shape index (κ2) is 11.2. The summed E-state index contributed by atoms with van der Waals surface area (Å²) in [7, 11) is 1.56. The van der Waals surface area contributed by atoms with Gasteiger partial charge in [0.1, 0.15) is 19.3 Å². The molecule has 8 nitrogen and oxygen atoms in total. The maximum Gasteiger partial charge on any atom is 0.409 e. The number of carbonyl (C=O) groups excluding carboxylic acids is 2. The molecule has 0 aliphatic heterocycles. The second-order valence-electron chi connectivity index (χ2n) is 7.79. The molecule has 1 aliphatic carbocycles. The normalized spacial score (nSPS) is 12.8. The van der Waals surface area contributed by atoms with Gasteiger partial charge >= 0.3 is 18.2 Å². The van der Waals surface area contributed by atoms with Crippen molar-refractivity contribution in [3.63, 3.8) is 0 Å². The molecule has 2 N–H and O–H groups in total. The highest BCUT2D eigenvalue weighted by molar-refractivity contribution is 5.81. The minimum Gasteiger partial charge on any atom is -0.480 e. The molecule has 2 aromatic rings. The molecule has 1 aliphatic rings. The first-order chi connectivity index (χ1) is 15.9. The molecule has 0 heterocycles. The van der Waals surface area contributed by atoms with E-state index in [0.29, 0.717) is 6.42 Å². The number of carboxylic acids is 1. The van der Waals surface area contributed by atoms with Gasteiger partial charge in [-0.3, -0.25) is 0 Å². The molecule has 0 spiro atoms. The number of ether oxygens (including phenoxy) is 2. The molecule has 0 bridgehead atoms. The summed E-state index contributed by atoms with van der Waals surface area (Å²) >= 11 is 0. The molecular formula is C25H28N2O6. The minimum absolute atomic E-state index is 0.101. The lowest BCUT2D eigenvalue weighted by atomic mass is 9.98. The Bertz CT molecular complexity index is 976. The van der Waals surface area contributed by atoms with Crippen LogP contribution in [0.3, 0.4) is 0 Å². The van der Waals surface area contributed by atoms with Gasteiger partial charge in [0.2, 0.25) is 0 Å². The van der Waals surface area contributed by atoms with E-state index in [1.165, 1.54) is 11.0 Å². The summed E-state index contributed by atoms with van der Waals surface area (Å²) in [6, 6.07) is 14.8. The first-order valence-electron chi connectivity index (χ1n) is 10.8. The van der Waals surface area contributed by atoms with E-state index in [2.05, 4.69) is 11.9 Å². The van der Waals surface area contributed by atoms with E-state index in [0.717, 1.165) is 22.3 Å². The standard InChI is InChI=1S/C25H28N2O6/c1-3-15-32-25(31)27(2)14-8-13-22(23(28)29)26-24(30)33-16-21-19-11-6-4-9-17(19)18-10-5-7-12-20(18)21/h3-7,9-12,21-22H,1,8,13-16H2,2H3,(H,26,30)(H,28,29)/t22-/m1/s1. The molecule has 174 valence electrons. The molecule has 1 atom stereocenters. The van der Waals surface area contributed by atoms with E-state index >= 15 is 0 Å². The fourth-order valence-electron chi connectivity index (χ4n) is 3.90. The summed E-state index contributed by atoms with van der Waals surface area (Å²) in [5.74, 6) is -1.28. The number of hydrogen-bond acceptors (Lipinski definition) is 5. The van der Waals surface area contributed by atoms with Gasteiger partial charge in [0.25, 0.3) is 0 Å². The van der Waals surface area contributed by atoms with Crippen molar-refractivity contribution in [3.05, 3.63) is 72.3 Å². The van der Waals surface area contributed by atoms with Gasteiger partial charge in [0.05, 0.1) is 0 Å². The zero-order valence-electron chi connectivity index (χ0n) is 18.5. The van der Waals surface area contributed by atoms with Gasteiger partial charge in [0, 0.05) is 19.5 Å². The van der Waals surface area contributed by atoms with Crippen LogP contribution in [0.2, 0.25) is 0 Å². The molecule has 0 saturated carbocycles. The Morgan fingerprint density at radius 3 is 2.27 bits per heavy atom. The third kappa shape index (κ3) is 5.91. The highest BCUT2D eigenvalue weighted by Crippen LogP contribution is 2.44. The van der Waals surface area contributed by atoms with E-state index in [4.69, 9.17) is 9.47 Å². The minimum atomic E-state index is -1.17. The van der Waals surface area contributed by atoms with Crippen molar-refractivity contribution in [2.24, 2.45) is 0 Å². The number of rotatable bonds is 10. The van der Waals surface area contributed by atoms with Crippen molar-refractivity contribution in [2.45, 2.75) is 24.8 Å². The number of hydrogen-bond donors (Lipinski definition) is 2. The average Bonchev–Trinajstić information content (AvgIpc) is 3.14. The molecule has 0 aromatic heterocycles. The average molecular weight is 453 g/mol. The van der Waals surface area contributed by atoms with Gasteiger partial charge in [-0.25, -0.2) is 14.4 Å². The Labute approximate surface area is 192 Å². The number of amides is 2. The third-order valence-corrected chi connectivity index (χ3v) is 5.56. The summed E-state index contributed by atoms with van der Waals surface area (Å²) in [5.41, 5.74) is 4.38. The van der Waals surface area contributed by atoms with Crippen LogP contribution in [0.5, 0.6) is 0 Å². The molecule has 0 unspecified atom stereocenters. The summed E-state index contributed by atoms with van der Waals surface area (Å²) in [6.07, 6.45) is 0.651. The van der Waals surface area contributed by atoms with Gasteiger partial charge in [-0.05, 0) is 35.1 Å². The third-order valence-electron chi connectivity index (χ3n) is 5.56. The predicted molar refractivity (Wildman–Crippen MR) is 123 cm³/mol. The smallest absolute Gasteiger partial charge is 0.409 e. The lowest BCUT2D eigenvalue weighted by Crippen LogP contribution is -2.42.